The summed E-state index contributed by atoms with van der Waals surface area (Å²) in [5.74, 6) is 0.906. The average molecular weight is 168 g/mol. The van der Waals surface area contributed by atoms with Gasteiger partial charge in [0.2, 0.25) is 0 Å². The molecule has 0 bridgehead atoms. The van der Waals surface area contributed by atoms with E-state index in [4.69, 9.17) is 5.73 Å². The Bertz CT molecular complexity index is 135. The molecule has 2 N–H and O–H groups in total. The van der Waals surface area contributed by atoms with E-state index in [0.717, 1.165) is 5.92 Å². The monoisotopic (exact) mass is 168 g/mol. The Morgan fingerprint density at radius 2 is 2.00 bits per heavy atom. The van der Waals surface area contributed by atoms with Crippen molar-refractivity contribution in [3.05, 3.63) is 12.2 Å². The minimum absolute atomic E-state index is 0.687. The molecule has 0 aliphatic carbocycles. The van der Waals surface area contributed by atoms with Crippen molar-refractivity contribution in [1.29, 1.82) is 0 Å². The maximum atomic E-state index is 5.37. The molecule has 0 unspecified atom stereocenters. The summed E-state index contributed by atoms with van der Waals surface area (Å²) in [6.45, 7) is 3.22. The van der Waals surface area contributed by atoms with E-state index >= 15 is 0 Å². The third kappa shape index (κ3) is 3.37. The molecule has 0 atom stereocenters. The van der Waals surface area contributed by atoms with Gasteiger partial charge < -0.3 is 10.6 Å². The van der Waals surface area contributed by atoms with Crippen LogP contribution in [-0.4, -0.2) is 31.6 Å². The molecular formula is C10H20N2. The van der Waals surface area contributed by atoms with Crippen molar-refractivity contribution >= 4 is 0 Å². The molecular weight excluding hydrogens is 148 g/mol. The summed E-state index contributed by atoms with van der Waals surface area (Å²) in [5, 5.41) is 0. The van der Waals surface area contributed by atoms with E-state index < -0.39 is 0 Å². The first-order valence-corrected chi connectivity index (χ1v) is 4.86. The molecule has 0 aromatic heterocycles. The van der Waals surface area contributed by atoms with Gasteiger partial charge in [-0.15, -0.1) is 0 Å². The summed E-state index contributed by atoms with van der Waals surface area (Å²) in [6, 6.07) is 0. The van der Waals surface area contributed by atoms with Gasteiger partial charge in [-0.3, -0.25) is 0 Å². The molecule has 0 radical (unpaired) electrons. The molecule has 0 aromatic rings. The highest BCUT2D eigenvalue weighted by Crippen LogP contribution is 2.19. The first-order valence-electron chi connectivity index (χ1n) is 4.86. The van der Waals surface area contributed by atoms with E-state index in [9.17, 15) is 0 Å². The number of piperidine rings is 1. The Kier molecular flexibility index (Phi) is 4.33. The van der Waals surface area contributed by atoms with E-state index in [-0.39, 0.29) is 0 Å². The van der Waals surface area contributed by atoms with Gasteiger partial charge in [0.05, 0.1) is 0 Å². The summed E-state index contributed by atoms with van der Waals surface area (Å²) < 4.78 is 0. The van der Waals surface area contributed by atoms with Crippen LogP contribution < -0.4 is 5.73 Å². The molecule has 2 nitrogen and oxygen atoms in total. The Morgan fingerprint density at radius 3 is 2.58 bits per heavy atom. The molecule has 12 heavy (non-hydrogen) atoms. The second-order valence-corrected chi connectivity index (χ2v) is 3.69. The maximum absolute atomic E-state index is 5.37. The second-order valence-electron chi connectivity index (χ2n) is 3.69. The van der Waals surface area contributed by atoms with Gasteiger partial charge in [0, 0.05) is 6.54 Å². The number of allylic oxidation sites excluding steroid dienone is 1. The molecule has 0 amide bonds. The van der Waals surface area contributed by atoms with Crippen molar-refractivity contribution in [2.45, 2.75) is 19.3 Å². The minimum Gasteiger partial charge on any atom is -0.327 e. The third-order valence-corrected chi connectivity index (χ3v) is 2.61. The highest BCUT2D eigenvalue weighted by Gasteiger charge is 2.14. The first-order chi connectivity index (χ1) is 5.83. The molecule has 1 aliphatic heterocycles. The zero-order chi connectivity index (χ0) is 8.81. The molecule has 70 valence electrons. The lowest BCUT2D eigenvalue weighted by molar-refractivity contribution is 0.221. The lowest BCUT2D eigenvalue weighted by atomic mass is 9.94. The summed E-state index contributed by atoms with van der Waals surface area (Å²) in [6.07, 6.45) is 8.23. The van der Waals surface area contributed by atoms with Gasteiger partial charge in [-0.1, -0.05) is 12.2 Å². The highest BCUT2D eigenvalue weighted by atomic mass is 15.1. The zero-order valence-corrected chi connectivity index (χ0v) is 8.00. The lowest BCUT2D eigenvalue weighted by Crippen LogP contribution is -2.29. The van der Waals surface area contributed by atoms with E-state index in [1.54, 1.807) is 0 Å². The number of nitrogens with zero attached hydrogens (tertiary/aromatic N) is 1. The number of hydrogen-bond donors (Lipinski definition) is 1. The van der Waals surface area contributed by atoms with Gasteiger partial charge in [-0.25, -0.2) is 0 Å². The molecule has 0 aromatic carbocycles. The molecule has 1 saturated heterocycles. The number of nitrogens with two attached hydrogens (primary N) is 1. The van der Waals surface area contributed by atoms with Crippen molar-refractivity contribution < 1.29 is 0 Å². The predicted molar refractivity (Wildman–Crippen MR) is 53.0 cm³/mol. The van der Waals surface area contributed by atoms with Crippen LogP contribution in [-0.2, 0) is 0 Å². The van der Waals surface area contributed by atoms with Crippen molar-refractivity contribution in [3.8, 4) is 0 Å². The zero-order valence-electron chi connectivity index (χ0n) is 8.00. The topological polar surface area (TPSA) is 29.3 Å². The van der Waals surface area contributed by atoms with Crippen LogP contribution in [0.15, 0.2) is 12.2 Å². The van der Waals surface area contributed by atoms with Gasteiger partial charge in [0.1, 0.15) is 0 Å². The fourth-order valence-corrected chi connectivity index (χ4v) is 1.68. The van der Waals surface area contributed by atoms with Crippen molar-refractivity contribution in [1.82, 2.24) is 4.90 Å². The minimum atomic E-state index is 0.687. The van der Waals surface area contributed by atoms with Crippen LogP contribution in [0, 0.1) is 5.92 Å². The smallest absolute Gasteiger partial charge is 0.0106 e. The first kappa shape index (κ1) is 9.75. The van der Waals surface area contributed by atoms with Gasteiger partial charge in [-0.05, 0) is 45.3 Å². The second kappa shape index (κ2) is 5.33. The highest BCUT2D eigenvalue weighted by molar-refractivity contribution is 4.86. The predicted octanol–water partition coefficient (Wildman–Crippen LogP) is 1.23. The van der Waals surface area contributed by atoms with Crippen LogP contribution in [0.2, 0.25) is 0 Å². The fraction of sp³-hybridized carbons (Fsp3) is 0.800. The van der Waals surface area contributed by atoms with E-state index in [0.29, 0.717) is 6.54 Å². The quantitative estimate of drug-likeness (QED) is 0.642. The third-order valence-electron chi connectivity index (χ3n) is 2.61. The largest absolute Gasteiger partial charge is 0.327 e. The standard InChI is InChI=1S/C10H20N2/c1-12-8-5-10(6-9-12)4-2-3-7-11/h2-3,10H,4-9,11H2,1H3/b3-2-. The molecule has 1 aliphatic rings. The Balaban J connectivity index is 2.13. The summed E-state index contributed by atoms with van der Waals surface area (Å²) in [4.78, 5) is 2.41. The van der Waals surface area contributed by atoms with Gasteiger partial charge >= 0.3 is 0 Å². The van der Waals surface area contributed by atoms with Crippen molar-refractivity contribution in [3.63, 3.8) is 0 Å². The number of hydrogen-bond acceptors (Lipinski definition) is 2. The van der Waals surface area contributed by atoms with E-state index in [1.165, 1.54) is 32.4 Å². The SMILES string of the molecule is CN1CCC(C/C=C\CN)CC1. The summed E-state index contributed by atoms with van der Waals surface area (Å²) >= 11 is 0. The van der Waals surface area contributed by atoms with Gasteiger partial charge in [-0.2, -0.15) is 0 Å². The molecule has 0 spiro atoms. The van der Waals surface area contributed by atoms with Crippen LogP contribution in [0.25, 0.3) is 0 Å². The number of rotatable bonds is 3. The fourth-order valence-electron chi connectivity index (χ4n) is 1.68. The summed E-state index contributed by atoms with van der Waals surface area (Å²) in [7, 11) is 2.20. The van der Waals surface area contributed by atoms with Crippen LogP contribution in [0.3, 0.4) is 0 Å². The van der Waals surface area contributed by atoms with Crippen LogP contribution in [0.5, 0.6) is 0 Å². The molecule has 2 heteroatoms. The van der Waals surface area contributed by atoms with Crippen molar-refractivity contribution in [2.24, 2.45) is 11.7 Å². The summed E-state index contributed by atoms with van der Waals surface area (Å²) in [5.41, 5.74) is 5.37. The normalized spacial score (nSPS) is 22.2. The Labute approximate surface area is 75.4 Å². The van der Waals surface area contributed by atoms with Gasteiger partial charge in [0.15, 0.2) is 0 Å². The number of likely N-dealkylation sites (tertiary alicyclic amines) is 1. The molecule has 0 saturated carbocycles. The van der Waals surface area contributed by atoms with Crippen LogP contribution >= 0.6 is 0 Å². The molecule has 1 fully saturated rings. The Morgan fingerprint density at radius 1 is 1.33 bits per heavy atom. The molecule has 1 rings (SSSR count). The van der Waals surface area contributed by atoms with Crippen LogP contribution in [0.4, 0.5) is 0 Å². The van der Waals surface area contributed by atoms with Crippen molar-refractivity contribution in [2.75, 3.05) is 26.7 Å². The maximum Gasteiger partial charge on any atom is 0.0106 e. The van der Waals surface area contributed by atoms with E-state index in [1.807, 2.05) is 0 Å². The van der Waals surface area contributed by atoms with Gasteiger partial charge in [0.25, 0.3) is 0 Å². The van der Waals surface area contributed by atoms with E-state index in [2.05, 4.69) is 24.1 Å². The average Bonchev–Trinajstić information content (AvgIpc) is 2.09. The van der Waals surface area contributed by atoms with Crippen LogP contribution in [0.1, 0.15) is 19.3 Å². The Hall–Kier alpha value is -0.340. The molecule has 1 heterocycles. The lowest BCUT2D eigenvalue weighted by Gasteiger charge is -2.28.